The molecule has 0 bridgehead atoms. The van der Waals surface area contributed by atoms with Crippen molar-refractivity contribution in [1.29, 1.82) is 0 Å². The van der Waals surface area contributed by atoms with E-state index in [0.717, 1.165) is 12.0 Å². The standard InChI is InChI=1S/C6H5O.Co.2H/c7-5-6-3-1-2-4-6;;;/h1-3H,4H2;;;/q;;2*-1. The normalized spacial score (nSPS) is 16.5. The van der Waals surface area contributed by atoms with Gasteiger partial charge in [0.25, 0.3) is 0 Å². The van der Waals surface area contributed by atoms with Crippen molar-refractivity contribution < 1.29 is 23.4 Å². The SMILES string of the molecule is O=[C]([Co])C1=CC=CC1.[H-].[H-]. The second-order valence-corrected chi connectivity index (χ2v) is 2.05. The van der Waals surface area contributed by atoms with Gasteiger partial charge in [-0.25, -0.2) is 0 Å². The maximum atomic E-state index is 10.4. The zero-order valence-electron chi connectivity index (χ0n) is 6.18. The summed E-state index contributed by atoms with van der Waals surface area (Å²) in [5, 5.41) is 0. The molecule has 0 spiro atoms. The predicted octanol–water partition coefficient (Wildman–Crippen LogP) is 1.17. The van der Waals surface area contributed by atoms with Gasteiger partial charge in [-0.15, -0.1) is 0 Å². The number of rotatable bonds is 1. The molecule has 1 rings (SSSR count). The Morgan fingerprint density at radius 3 is 2.88 bits per heavy atom. The summed E-state index contributed by atoms with van der Waals surface area (Å²) < 4.78 is -0.123. The monoisotopic (exact) mass is 154 g/mol. The van der Waals surface area contributed by atoms with E-state index in [9.17, 15) is 4.79 Å². The van der Waals surface area contributed by atoms with E-state index in [1.165, 1.54) is 0 Å². The van der Waals surface area contributed by atoms with Gasteiger partial charge in [-0.1, -0.05) is 0 Å². The summed E-state index contributed by atoms with van der Waals surface area (Å²) in [7, 11) is 0. The van der Waals surface area contributed by atoms with Crippen LogP contribution < -0.4 is 0 Å². The first-order valence-corrected chi connectivity index (χ1v) is 2.86. The van der Waals surface area contributed by atoms with Gasteiger partial charge < -0.3 is 2.85 Å². The summed E-state index contributed by atoms with van der Waals surface area (Å²) in [5.74, 6) is 0. The maximum Gasteiger partial charge on any atom is -1.00 e. The summed E-state index contributed by atoms with van der Waals surface area (Å²) in [6, 6.07) is 0. The van der Waals surface area contributed by atoms with Crippen molar-refractivity contribution in [2.45, 2.75) is 6.42 Å². The van der Waals surface area contributed by atoms with Crippen LogP contribution in [-0.2, 0) is 20.5 Å². The second kappa shape index (κ2) is 2.28. The van der Waals surface area contributed by atoms with E-state index in [2.05, 4.69) is 15.7 Å². The molecule has 0 saturated heterocycles. The summed E-state index contributed by atoms with van der Waals surface area (Å²) in [6.07, 6.45) is 6.33. The fourth-order valence-corrected chi connectivity index (χ4v) is 0.778. The summed E-state index contributed by atoms with van der Waals surface area (Å²) in [4.78, 5) is 10.4. The Hall–Kier alpha value is -0.344. The molecule has 0 saturated carbocycles. The number of carbonyl (C=O) groups excluding carboxylic acids is 1. The largest absolute Gasteiger partial charge is 1.00 e. The summed E-state index contributed by atoms with van der Waals surface area (Å²) >= 11 is 3.69. The quantitative estimate of drug-likeness (QED) is 0.554. The molecule has 8 heavy (non-hydrogen) atoms. The predicted molar refractivity (Wildman–Crippen MR) is 29.1 cm³/mol. The molecular weight excluding hydrogens is 147 g/mol. The number of allylic oxidation sites excluding steroid dienone is 4. The average molecular weight is 154 g/mol. The fourth-order valence-electron chi connectivity index (χ4n) is 0.585. The van der Waals surface area contributed by atoms with Crippen LogP contribution in [0.3, 0.4) is 0 Å². The Morgan fingerprint density at radius 2 is 2.62 bits per heavy atom. The third-order valence-corrected chi connectivity index (χ3v) is 1.34. The van der Waals surface area contributed by atoms with Crippen molar-refractivity contribution in [3.8, 4) is 0 Å². The van der Waals surface area contributed by atoms with Crippen LogP contribution in [0.5, 0.6) is 0 Å². The third kappa shape index (κ3) is 1.08. The van der Waals surface area contributed by atoms with Crippen LogP contribution in [0.1, 0.15) is 9.27 Å². The first-order valence-electron chi connectivity index (χ1n) is 2.34. The van der Waals surface area contributed by atoms with Crippen LogP contribution in [0.25, 0.3) is 0 Å². The van der Waals surface area contributed by atoms with Gasteiger partial charge in [-0.2, -0.15) is 0 Å². The maximum absolute atomic E-state index is 10.4. The van der Waals surface area contributed by atoms with Crippen molar-refractivity contribution in [3.05, 3.63) is 23.8 Å². The van der Waals surface area contributed by atoms with Crippen LogP contribution in [0.15, 0.2) is 23.8 Å². The molecule has 48 valence electrons. The van der Waals surface area contributed by atoms with Gasteiger partial charge in [0.05, 0.1) is 0 Å². The molecule has 0 aromatic heterocycles. The number of hydrogen-bond donors (Lipinski definition) is 0. The Bertz CT molecular complexity index is 175. The summed E-state index contributed by atoms with van der Waals surface area (Å²) in [6.45, 7) is 0. The molecule has 0 N–H and O–H groups in total. The minimum atomic E-state index is -0.123. The zero-order valence-corrected chi connectivity index (χ0v) is 5.22. The first-order chi connectivity index (χ1) is 3.80. The Kier molecular flexibility index (Phi) is 1.65. The van der Waals surface area contributed by atoms with Crippen molar-refractivity contribution in [2.24, 2.45) is 0 Å². The number of carbonyl (C=O) groups is 1. The van der Waals surface area contributed by atoms with Gasteiger partial charge in [0.2, 0.25) is 0 Å². The molecule has 0 amide bonds. The molecular formula is C6H7CoO-2. The van der Waals surface area contributed by atoms with Gasteiger partial charge in [-0.3, -0.25) is 0 Å². The molecule has 0 atom stereocenters. The van der Waals surface area contributed by atoms with E-state index < -0.39 is 0 Å². The molecule has 0 aromatic carbocycles. The minimum Gasteiger partial charge on any atom is -1.00 e. The van der Waals surface area contributed by atoms with Crippen LogP contribution in [0, 0.1) is 0 Å². The Balaban J connectivity index is 0. The van der Waals surface area contributed by atoms with Crippen molar-refractivity contribution in [2.75, 3.05) is 0 Å². The molecule has 0 fully saturated rings. The Morgan fingerprint density at radius 1 is 1.88 bits per heavy atom. The van der Waals surface area contributed by atoms with E-state index in [-0.39, 0.29) is 7.57 Å². The molecule has 1 aliphatic rings. The van der Waals surface area contributed by atoms with E-state index in [0.29, 0.717) is 0 Å². The van der Waals surface area contributed by atoms with E-state index >= 15 is 0 Å². The topological polar surface area (TPSA) is 17.1 Å². The molecule has 1 nitrogen and oxygen atoms in total. The third-order valence-electron chi connectivity index (χ3n) is 1.01. The molecule has 1 aliphatic carbocycles. The van der Waals surface area contributed by atoms with E-state index in [1.54, 1.807) is 6.08 Å². The smallest absolute Gasteiger partial charge is 1.00 e. The number of hydrogen-bond acceptors (Lipinski definition) is 1. The van der Waals surface area contributed by atoms with Gasteiger partial charge in [0, 0.05) is 0 Å². The van der Waals surface area contributed by atoms with Crippen LogP contribution in [0.4, 0.5) is 0 Å². The van der Waals surface area contributed by atoms with Gasteiger partial charge >= 0.3 is 55.5 Å². The van der Waals surface area contributed by atoms with Crippen LogP contribution in [-0.4, -0.2) is 4.72 Å². The molecule has 0 aliphatic heterocycles. The Labute approximate surface area is 59.0 Å². The van der Waals surface area contributed by atoms with Crippen molar-refractivity contribution in [1.82, 2.24) is 0 Å². The van der Waals surface area contributed by atoms with Gasteiger partial charge in [-0.05, 0) is 0 Å². The molecule has 0 aromatic rings. The molecule has 0 heterocycles. The van der Waals surface area contributed by atoms with Crippen molar-refractivity contribution in [3.63, 3.8) is 0 Å². The van der Waals surface area contributed by atoms with Crippen LogP contribution in [0.2, 0.25) is 0 Å². The molecule has 0 unspecified atom stereocenters. The van der Waals surface area contributed by atoms with Gasteiger partial charge in [0.1, 0.15) is 0 Å². The minimum absolute atomic E-state index is 0. The second-order valence-electron chi connectivity index (χ2n) is 1.58. The molecule has 2 heteroatoms. The van der Waals surface area contributed by atoms with E-state index in [1.807, 2.05) is 12.2 Å². The summed E-state index contributed by atoms with van der Waals surface area (Å²) in [5.41, 5.74) is 0.782. The fraction of sp³-hybridized carbons (Fsp3) is 0.167. The van der Waals surface area contributed by atoms with E-state index in [4.69, 9.17) is 0 Å². The van der Waals surface area contributed by atoms with Gasteiger partial charge in [0.15, 0.2) is 0 Å². The molecule has 0 radical (unpaired) electrons. The van der Waals surface area contributed by atoms with Crippen molar-refractivity contribution >= 4 is 4.72 Å². The first kappa shape index (κ1) is 5.79. The van der Waals surface area contributed by atoms with Crippen LogP contribution >= 0.6 is 0 Å². The zero-order chi connectivity index (χ0) is 5.98. The average Bonchev–Trinajstić information content (AvgIpc) is 2.12.